The minimum atomic E-state index is 0.580. The van der Waals surface area contributed by atoms with E-state index in [-0.39, 0.29) is 0 Å². The Morgan fingerprint density at radius 1 is 1.27 bits per heavy atom. The number of piperazine rings is 1. The van der Waals surface area contributed by atoms with Gasteiger partial charge in [-0.05, 0) is 17.5 Å². The molecule has 3 aromatic heterocycles. The maximum Gasteiger partial charge on any atom is 0.173 e. The highest BCUT2D eigenvalue weighted by Gasteiger charge is 2.15. The van der Waals surface area contributed by atoms with E-state index in [2.05, 4.69) is 21.3 Å². The molecule has 7 heteroatoms. The third-order valence-corrected chi connectivity index (χ3v) is 5.68. The molecule has 0 unspecified atom stereocenters. The minimum Gasteiger partial charge on any atom is -0.383 e. The molecular weight excluding hydrogens is 314 g/mol. The third-order valence-electron chi connectivity index (χ3n) is 3.80. The van der Waals surface area contributed by atoms with Gasteiger partial charge in [-0.3, -0.25) is 4.90 Å². The van der Waals surface area contributed by atoms with Crippen LogP contribution in [0.15, 0.2) is 23.6 Å². The SMILES string of the molecule is Nc1nc(-c2cccs2)nc2sc(CN3CCNCC3)cc12. The van der Waals surface area contributed by atoms with E-state index in [1.54, 1.807) is 22.7 Å². The van der Waals surface area contributed by atoms with Crippen molar-refractivity contribution in [1.29, 1.82) is 0 Å². The molecular formula is C15H17N5S2. The molecule has 5 nitrogen and oxygen atoms in total. The van der Waals surface area contributed by atoms with Gasteiger partial charge in [-0.25, -0.2) is 9.97 Å². The molecule has 0 radical (unpaired) electrons. The Labute approximate surface area is 136 Å². The number of nitrogens with two attached hydrogens (primary N) is 1. The molecule has 1 aliphatic heterocycles. The van der Waals surface area contributed by atoms with E-state index >= 15 is 0 Å². The van der Waals surface area contributed by atoms with Crippen LogP contribution in [-0.2, 0) is 6.54 Å². The van der Waals surface area contributed by atoms with Crippen LogP contribution < -0.4 is 11.1 Å². The van der Waals surface area contributed by atoms with Crippen molar-refractivity contribution in [2.45, 2.75) is 6.54 Å². The summed E-state index contributed by atoms with van der Waals surface area (Å²) in [7, 11) is 0. The molecule has 0 aromatic carbocycles. The predicted octanol–water partition coefficient (Wildman–Crippen LogP) is 2.41. The van der Waals surface area contributed by atoms with Crippen molar-refractivity contribution in [3.8, 4) is 10.7 Å². The fourth-order valence-corrected chi connectivity index (χ4v) is 4.41. The smallest absolute Gasteiger partial charge is 0.173 e. The lowest BCUT2D eigenvalue weighted by molar-refractivity contribution is 0.235. The number of nitrogens with one attached hydrogen (secondary N) is 1. The summed E-state index contributed by atoms with van der Waals surface area (Å²) in [5.74, 6) is 1.31. The minimum absolute atomic E-state index is 0.580. The van der Waals surface area contributed by atoms with Crippen molar-refractivity contribution < 1.29 is 0 Å². The van der Waals surface area contributed by atoms with E-state index < -0.39 is 0 Å². The second-order valence-corrected chi connectivity index (χ2v) is 7.43. The largest absolute Gasteiger partial charge is 0.383 e. The number of thiophene rings is 2. The molecule has 1 saturated heterocycles. The molecule has 0 spiro atoms. The third kappa shape index (κ3) is 2.72. The summed E-state index contributed by atoms with van der Waals surface area (Å²) in [6, 6.07) is 6.18. The van der Waals surface area contributed by atoms with Gasteiger partial charge in [0.05, 0.1) is 10.3 Å². The summed E-state index contributed by atoms with van der Waals surface area (Å²) < 4.78 is 0. The first-order chi connectivity index (χ1) is 10.8. The lowest BCUT2D eigenvalue weighted by Gasteiger charge is -2.26. The number of aromatic nitrogens is 2. The fourth-order valence-electron chi connectivity index (χ4n) is 2.68. The maximum atomic E-state index is 6.15. The van der Waals surface area contributed by atoms with Gasteiger partial charge in [-0.2, -0.15) is 0 Å². The van der Waals surface area contributed by atoms with Crippen LogP contribution in [-0.4, -0.2) is 41.0 Å². The van der Waals surface area contributed by atoms with Crippen molar-refractivity contribution >= 4 is 38.7 Å². The maximum absolute atomic E-state index is 6.15. The number of fused-ring (bicyclic) bond motifs is 1. The Bertz CT molecular complexity index is 775. The van der Waals surface area contributed by atoms with Crippen LogP contribution in [0, 0.1) is 0 Å². The molecule has 1 fully saturated rings. The molecule has 0 aliphatic carbocycles. The van der Waals surface area contributed by atoms with Crippen molar-refractivity contribution in [2.24, 2.45) is 0 Å². The Hall–Kier alpha value is -1.54. The molecule has 1 aliphatic rings. The van der Waals surface area contributed by atoms with E-state index in [1.807, 2.05) is 17.5 Å². The quantitative estimate of drug-likeness (QED) is 0.771. The van der Waals surface area contributed by atoms with Gasteiger partial charge in [0.25, 0.3) is 0 Å². The molecule has 0 bridgehead atoms. The van der Waals surface area contributed by atoms with Crippen molar-refractivity contribution in [3.05, 3.63) is 28.5 Å². The highest BCUT2D eigenvalue weighted by molar-refractivity contribution is 7.18. The first kappa shape index (κ1) is 14.1. The van der Waals surface area contributed by atoms with Gasteiger partial charge in [-0.15, -0.1) is 22.7 Å². The summed E-state index contributed by atoms with van der Waals surface area (Å²) in [5.41, 5.74) is 6.15. The number of rotatable bonds is 3. The molecule has 4 rings (SSSR count). The van der Waals surface area contributed by atoms with Gasteiger partial charge >= 0.3 is 0 Å². The van der Waals surface area contributed by atoms with Crippen molar-refractivity contribution in [3.63, 3.8) is 0 Å². The number of nitrogen functional groups attached to an aromatic ring is 1. The first-order valence-electron chi connectivity index (χ1n) is 7.32. The highest BCUT2D eigenvalue weighted by atomic mass is 32.1. The monoisotopic (exact) mass is 331 g/mol. The molecule has 0 atom stereocenters. The first-order valence-corrected chi connectivity index (χ1v) is 9.02. The summed E-state index contributed by atoms with van der Waals surface area (Å²) in [6.07, 6.45) is 0. The Morgan fingerprint density at radius 2 is 2.14 bits per heavy atom. The van der Waals surface area contributed by atoms with Crippen LogP contribution in [0.5, 0.6) is 0 Å². The lowest BCUT2D eigenvalue weighted by atomic mass is 10.3. The average Bonchev–Trinajstić information content (AvgIpc) is 3.17. The van der Waals surface area contributed by atoms with Gasteiger partial charge in [0.2, 0.25) is 0 Å². The molecule has 22 heavy (non-hydrogen) atoms. The van der Waals surface area contributed by atoms with Gasteiger partial charge in [0.15, 0.2) is 5.82 Å². The summed E-state index contributed by atoms with van der Waals surface area (Å²) in [6.45, 7) is 5.28. The van der Waals surface area contributed by atoms with E-state index in [4.69, 9.17) is 10.7 Å². The number of hydrogen-bond acceptors (Lipinski definition) is 7. The molecule has 4 heterocycles. The van der Waals surface area contributed by atoms with Crippen LogP contribution in [0.1, 0.15) is 4.88 Å². The molecule has 0 saturated carbocycles. The van der Waals surface area contributed by atoms with Crippen LogP contribution in [0.25, 0.3) is 20.9 Å². The second kappa shape index (κ2) is 5.92. The fraction of sp³-hybridized carbons (Fsp3) is 0.333. The van der Waals surface area contributed by atoms with Crippen molar-refractivity contribution in [2.75, 3.05) is 31.9 Å². The van der Waals surface area contributed by atoms with E-state index in [0.29, 0.717) is 5.82 Å². The summed E-state index contributed by atoms with van der Waals surface area (Å²) >= 11 is 3.37. The van der Waals surface area contributed by atoms with Crippen LogP contribution in [0.2, 0.25) is 0 Å². The summed E-state index contributed by atoms with van der Waals surface area (Å²) in [5, 5.41) is 6.39. The molecule has 114 valence electrons. The van der Waals surface area contributed by atoms with Gasteiger partial charge in [-0.1, -0.05) is 6.07 Å². The van der Waals surface area contributed by atoms with E-state index in [9.17, 15) is 0 Å². The topological polar surface area (TPSA) is 67.1 Å². The van der Waals surface area contributed by atoms with Gasteiger partial charge in [0, 0.05) is 37.6 Å². The Morgan fingerprint density at radius 3 is 2.91 bits per heavy atom. The lowest BCUT2D eigenvalue weighted by Crippen LogP contribution is -2.42. The molecule has 0 amide bonds. The average molecular weight is 331 g/mol. The number of anilines is 1. The van der Waals surface area contributed by atoms with Crippen LogP contribution in [0.3, 0.4) is 0 Å². The molecule has 3 N–H and O–H groups in total. The van der Waals surface area contributed by atoms with E-state index in [1.165, 1.54) is 4.88 Å². The second-order valence-electron chi connectivity index (χ2n) is 5.37. The molecule has 3 aromatic rings. The van der Waals surface area contributed by atoms with Gasteiger partial charge in [0.1, 0.15) is 10.6 Å². The predicted molar refractivity (Wildman–Crippen MR) is 93.3 cm³/mol. The highest BCUT2D eigenvalue weighted by Crippen LogP contribution is 2.31. The van der Waals surface area contributed by atoms with Gasteiger partial charge < -0.3 is 11.1 Å². The zero-order chi connectivity index (χ0) is 14.9. The normalized spacial score (nSPS) is 16.4. The Balaban J connectivity index is 1.66. The van der Waals surface area contributed by atoms with Crippen LogP contribution >= 0.6 is 22.7 Å². The number of hydrogen-bond donors (Lipinski definition) is 2. The Kier molecular flexibility index (Phi) is 3.79. The summed E-state index contributed by atoms with van der Waals surface area (Å²) in [4.78, 5) is 15.0. The zero-order valence-corrected chi connectivity index (χ0v) is 13.7. The van der Waals surface area contributed by atoms with E-state index in [0.717, 1.165) is 53.6 Å². The van der Waals surface area contributed by atoms with Crippen molar-refractivity contribution in [1.82, 2.24) is 20.2 Å². The standard InChI is InChI=1S/C15H17N5S2/c16-13-11-8-10(9-20-5-3-17-4-6-20)22-15(11)19-14(18-13)12-2-1-7-21-12/h1-2,7-8,17H,3-6,9H2,(H2,16,18,19). The zero-order valence-electron chi connectivity index (χ0n) is 12.1. The van der Waals surface area contributed by atoms with Crippen LogP contribution in [0.4, 0.5) is 5.82 Å². The number of nitrogens with zero attached hydrogens (tertiary/aromatic N) is 3.